The van der Waals surface area contributed by atoms with Gasteiger partial charge in [0.15, 0.2) is 11.7 Å². The topological polar surface area (TPSA) is 68.2 Å². The quantitative estimate of drug-likeness (QED) is 0.846. The summed E-state index contributed by atoms with van der Waals surface area (Å²) in [6, 6.07) is 5.68. The number of alkyl halides is 3. The second-order valence-electron chi connectivity index (χ2n) is 6.75. The van der Waals surface area contributed by atoms with Crippen molar-refractivity contribution in [2.75, 3.05) is 12.4 Å². The van der Waals surface area contributed by atoms with Crippen LogP contribution in [-0.4, -0.2) is 35.0 Å². The standard InChI is InChI=1S/C18H21F3N4O2/c1-10(2)22-17(26)14-9-16-23-13(11-4-6-12(27-3)7-5-11)8-15(18(19,20)21)25(16)24-14/h4-7,9-10,13,15,23H,8H2,1-3H3,(H,22,26)/t13-,15+/m0/s1. The number of hydrogen-bond donors (Lipinski definition) is 2. The first-order valence-corrected chi connectivity index (χ1v) is 8.56. The lowest BCUT2D eigenvalue weighted by Crippen LogP contribution is -2.36. The van der Waals surface area contributed by atoms with E-state index in [0.717, 1.165) is 4.68 Å². The molecule has 1 amide bonds. The molecule has 9 heteroatoms. The van der Waals surface area contributed by atoms with Gasteiger partial charge in [-0.2, -0.15) is 18.3 Å². The highest BCUT2D eigenvalue weighted by molar-refractivity contribution is 5.93. The number of carbonyl (C=O) groups excluding carboxylic acids is 1. The van der Waals surface area contributed by atoms with Crippen molar-refractivity contribution < 1.29 is 22.7 Å². The summed E-state index contributed by atoms with van der Waals surface area (Å²) in [7, 11) is 1.52. The Balaban J connectivity index is 1.94. The largest absolute Gasteiger partial charge is 0.497 e. The van der Waals surface area contributed by atoms with Crippen LogP contribution < -0.4 is 15.4 Å². The summed E-state index contributed by atoms with van der Waals surface area (Å²) in [6.07, 6.45) is -4.71. The molecule has 0 unspecified atom stereocenters. The van der Waals surface area contributed by atoms with Crippen molar-refractivity contribution in [1.29, 1.82) is 0 Å². The van der Waals surface area contributed by atoms with Crippen molar-refractivity contribution >= 4 is 11.7 Å². The van der Waals surface area contributed by atoms with Gasteiger partial charge in [-0.1, -0.05) is 12.1 Å². The Bertz CT molecular complexity index is 815. The van der Waals surface area contributed by atoms with Gasteiger partial charge in [0.2, 0.25) is 0 Å². The van der Waals surface area contributed by atoms with Crippen molar-refractivity contribution in [2.45, 2.75) is 44.6 Å². The Kier molecular flexibility index (Phi) is 5.03. The van der Waals surface area contributed by atoms with E-state index < -0.39 is 24.2 Å². The van der Waals surface area contributed by atoms with Crippen molar-refractivity contribution in [3.63, 3.8) is 0 Å². The molecule has 0 saturated heterocycles. The lowest BCUT2D eigenvalue weighted by atomic mass is 9.97. The van der Waals surface area contributed by atoms with Crippen LogP contribution in [-0.2, 0) is 0 Å². The number of nitrogens with one attached hydrogen (secondary N) is 2. The lowest BCUT2D eigenvalue weighted by molar-refractivity contribution is -0.173. The van der Waals surface area contributed by atoms with E-state index in [1.165, 1.54) is 13.2 Å². The Hall–Kier alpha value is -2.71. The maximum Gasteiger partial charge on any atom is 0.410 e. The van der Waals surface area contributed by atoms with E-state index in [2.05, 4.69) is 15.7 Å². The van der Waals surface area contributed by atoms with Crippen LogP contribution in [0.4, 0.5) is 19.0 Å². The maximum absolute atomic E-state index is 13.6. The molecule has 2 aromatic rings. The second-order valence-corrected chi connectivity index (χ2v) is 6.75. The molecule has 0 aliphatic carbocycles. The first-order chi connectivity index (χ1) is 12.7. The van der Waals surface area contributed by atoms with Crippen molar-refractivity contribution in [3.8, 4) is 5.75 Å². The van der Waals surface area contributed by atoms with E-state index in [1.54, 1.807) is 38.1 Å². The summed E-state index contributed by atoms with van der Waals surface area (Å²) in [6.45, 7) is 3.54. The first-order valence-electron chi connectivity index (χ1n) is 8.56. The molecule has 1 aliphatic heterocycles. The Morgan fingerprint density at radius 2 is 2.00 bits per heavy atom. The monoisotopic (exact) mass is 382 g/mol. The Morgan fingerprint density at radius 1 is 1.33 bits per heavy atom. The number of methoxy groups -OCH3 is 1. The van der Waals surface area contributed by atoms with Crippen LogP contribution in [0.2, 0.25) is 0 Å². The van der Waals surface area contributed by atoms with Crippen molar-refractivity contribution in [2.24, 2.45) is 0 Å². The number of fused-ring (bicyclic) bond motifs is 1. The minimum atomic E-state index is -4.49. The fourth-order valence-electron chi connectivity index (χ4n) is 3.08. The van der Waals surface area contributed by atoms with Crippen molar-refractivity contribution in [1.82, 2.24) is 15.1 Å². The molecule has 2 atom stereocenters. The number of benzene rings is 1. The molecule has 27 heavy (non-hydrogen) atoms. The summed E-state index contributed by atoms with van der Waals surface area (Å²) < 4.78 is 46.9. The van der Waals surface area contributed by atoms with Crippen molar-refractivity contribution in [3.05, 3.63) is 41.6 Å². The predicted octanol–water partition coefficient (Wildman–Crippen LogP) is 3.69. The number of halogens is 3. The molecule has 6 nitrogen and oxygen atoms in total. The summed E-state index contributed by atoms with van der Waals surface area (Å²) in [5, 5.41) is 9.61. The van der Waals surface area contributed by atoms with Gasteiger partial charge in [0, 0.05) is 18.5 Å². The van der Waals surface area contributed by atoms with E-state index in [0.29, 0.717) is 11.3 Å². The summed E-state index contributed by atoms with van der Waals surface area (Å²) >= 11 is 0. The molecular weight excluding hydrogens is 361 g/mol. The molecule has 2 heterocycles. The maximum atomic E-state index is 13.6. The number of ether oxygens (including phenoxy) is 1. The van der Waals surface area contributed by atoms with E-state index in [9.17, 15) is 18.0 Å². The molecule has 0 radical (unpaired) electrons. The van der Waals surface area contributed by atoms with Crippen LogP contribution in [0.1, 0.15) is 48.4 Å². The van der Waals surface area contributed by atoms with E-state index in [4.69, 9.17) is 4.74 Å². The zero-order chi connectivity index (χ0) is 19.8. The third-order valence-electron chi connectivity index (χ3n) is 4.36. The molecule has 1 aromatic heterocycles. The number of rotatable bonds is 4. The third-order valence-corrected chi connectivity index (χ3v) is 4.36. The minimum absolute atomic E-state index is 0.0455. The first kappa shape index (κ1) is 19.1. The molecule has 146 valence electrons. The van der Waals surface area contributed by atoms with Crippen LogP contribution in [0.15, 0.2) is 30.3 Å². The molecule has 0 spiro atoms. The van der Waals surface area contributed by atoms with Crippen LogP contribution >= 0.6 is 0 Å². The second kappa shape index (κ2) is 7.13. The smallest absolute Gasteiger partial charge is 0.410 e. The zero-order valence-corrected chi connectivity index (χ0v) is 15.2. The lowest BCUT2D eigenvalue weighted by Gasteiger charge is -2.33. The molecule has 1 aromatic carbocycles. The highest BCUT2D eigenvalue weighted by Crippen LogP contribution is 2.43. The predicted molar refractivity (Wildman–Crippen MR) is 93.9 cm³/mol. The summed E-state index contributed by atoms with van der Waals surface area (Å²) in [4.78, 5) is 12.1. The number of carbonyl (C=O) groups is 1. The molecule has 1 aliphatic rings. The van der Waals surface area contributed by atoms with Gasteiger partial charge in [0.25, 0.3) is 5.91 Å². The van der Waals surface area contributed by atoms with E-state index >= 15 is 0 Å². The summed E-state index contributed by atoms with van der Waals surface area (Å²) in [5.74, 6) is 0.286. The Morgan fingerprint density at radius 3 is 2.56 bits per heavy atom. The molecule has 2 N–H and O–H groups in total. The van der Waals surface area contributed by atoms with Gasteiger partial charge in [-0.25, -0.2) is 4.68 Å². The van der Waals surface area contributed by atoms with E-state index in [1.807, 2.05) is 0 Å². The van der Waals surface area contributed by atoms with Crippen LogP contribution in [0.5, 0.6) is 5.75 Å². The fourth-order valence-corrected chi connectivity index (χ4v) is 3.08. The fraction of sp³-hybridized carbons (Fsp3) is 0.444. The van der Waals surface area contributed by atoms with E-state index in [-0.39, 0.29) is 24.0 Å². The van der Waals surface area contributed by atoms with Gasteiger partial charge < -0.3 is 15.4 Å². The third kappa shape index (κ3) is 4.01. The number of amides is 1. The van der Waals surface area contributed by atoms with Gasteiger partial charge >= 0.3 is 6.18 Å². The van der Waals surface area contributed by atoms with Crippen LogP contribution in [0.25, 0.3) is 0 Å². The van der Waals surface area contributed by atoms with Crippen LogP contribution in [0.3, 0.4) is 0 Å². The number of hydrogen-bond acceptors (Lipinski definition) is 4. The zero-order valence-electron chi connectivity index (χ0n) is 15.2. The molecule has 0 bridgehead atoms. The average Bonchev–Trinajstić information content (AvgIpc) is 3.03. The normalized spacial score (nSPS) is 19.4. The minimum Gasteiger partial charge on any atom is -0.497 e. The number of anilines is 1. The molecule has 3 rings (SSSR count). The van der Waals surface area contributed by atoms with Gasteiger partial charge in [0.05, 0.1) is 13.2 Å². The van der Waals surface area contributed by atoms with Gasteiger partial charge in [0.1, 0.15) is 11.6 Å². The highest BCUT2D eigenvalue weighted by atomic mass is 19.4. The molecule has 0 saturated carbocycles. The SMILES string of the molecule is COc1ccc([C@@H]2C[C@H](C(F)(F)F)n3nc(C(=O)NC(C)C)cc3N2)cc1. The van der Waals surface area contributed by atoms with Crippen LogP contribution in [0, 0.1) is 0 Å². The molecular formula is C18H21F3N4O2. The average molecular weight is 382 g/mol. The van der Waals surface area contributed by atoms with Gasteiger partial charge in [-0.05, 0) is 31.5 Å². The number of nitrogens with zero attached hydrogens (tertiary/aromatic N) is 2. The highest BCUT2D eigenvalue weighted by Gasteiger charge is 2.46. The van der Waals surface area contributed by atoms with Gasteiger partial charge in [-0.3, -0.25) is 4.79 Å². The number of aromatic nitrogens is 2. The van der Waals surface area contributed by atoms with Gasteiger partial charge in [-0.15, -0.1) is 0 Å². The molecule has 0 fully saturated rings. The Labute approximate surface area is 154 Å². The summed E-state index contributed by atoms with van der Waals surface area (Å²) in [5.41, 5.74) is 0.654.